The highest BCUT2D eigenvalue weighted by molar-refractivity contribution is 5.68. The van der Waals surface area contributed by atoms with Crippen molar-refractivity contribution < 1.29 is 22.7 Å². The zero-order valence-corrected chi connectivity index (χ0v) is 20.0. The van der Waals surface area contributed by atoms with E-state index in [1.165, 1.54) is 4.90 Å². The molecular formula is C26H31F3N4O3. The number of carbonyl (C=O) groups excluding carboxylic acids is 1. The summed E-state index contributed by atoms with van der Waals surface area (Å²) in [6.45, 7) is 0.369. The number of carbonyl (C=O) groups is 1. The van der Waals surface area contributed by atoms with E-state index in [0.717, 1.165) is 24.8 Å². The third-order valence-corrected chi connectivity index (χ3v) is 7.71. The number of ether oxygens (including phenoxy) is 1. The van der Waals surface area contributed by atoms with Gasteiger partial charge in [-0.3, -0.25) is 9.36 Å². The Kier molecular flexibility index (Phi) is 6.70. The van der Waals surface area contributed by atoms with Crippen molar-refractivity contribution >= 4 is 12.0 Å². The minimum absolute atomic E-state index is 0.0364. The summed E-state index contributed by atoms with van der Waals surface area (Å²) in [5.41, 5.74) is 8.17. The molecule has 1 amide bonds. The van der Waals surface area contributed by atoms with Crippen LogP contribution in [-0.4, -0.2) is 39.4 Å². The van der Waals surface area contributed by atoms with Crippen LogP contribution in [0.25, 0.3) is 0 Å². The molecule has 1 unspecified atom stereocenters. The highest BCUT2D eigenvalue weighted by atomic mass is 19.4. The first-order valence-electron chi connectivity index (χ1n) is 12.7. The topological polar surface area (TPSA) is 90.5 Å². The largest absolute Gasteiger partial charge is 0.446 e. The zero-order valence-electron chi connectivity index (χ0n) is 20.0. The Morgan fingerprint density at radius 1 is 1.11 bits per heavy atom. The lowest BCUT2D eigenvalue weighted by Crippen LogP contribution is -2.43. The first kappa shape index (κ1) is 24.6. The molecule has 1 aromatic carbocycles. The highest BCUT2D eigenvalue weighted by Crippen LogP contribution is 2.40. The number of nitrogens with zero attached hydrogens (tertiary/aromatic N) is 3. The van der Waals surface area contributed by atoms with E-state index < -0.39 is 24.3 Å². The van der Waals surface area contributed by atoms with Crippen LogP contribution in [0.2, 0.25) is 0 Å². The van der Waals surface area contributed by atoms with Gasteiger partial charge in [0.15, 0.2) is 0 Å². The van der Waals surface area contributed by atoms with Gasteiger partial charge in [-0.2, -0.15) is 13.2 Å². The number of benzene rings is 1. The number of fused-ring (bicyclic) bond motifs is 1. The first-order chi connectivity index (χ1) is 17.2. The van der Waals surface area contributed by atoms with Crippen LogP contribution in [-0.2, 0) is 17.7 Å². The number of anilines is 1. The predicted molar refractivity (Wildman–Crippen MR) is 127 cm³/mol. The average molecular weight is 505 g/mol. The van der Waals surface area contributed by atoms with Gasteiger partial charge in [-0.05, 0) is 50.0 Å². The standard InChI is InChI=1S/C26H31F3N4O3/c27-26(28,29)18-8-10-19(11-9-18)36-25(35)32-13-12-20-21(15-32)31-24(30)33(23(20)34)22(14-16-6-7-16)17-4-2-1-3-5-17/h1-5,16,18-19,22H,6-15H2,(H2,30,31). The molecule has 2 aromatic rings. The van der Waals surface area contributed by atoms with Gasteiger partial charge in [-0.1, -0.05) is 43.2 Å². The molecule has 2 saturated carbocycles. The van der Waals surface area contributed by atoms with Gasteiger partial charge in [0.2, 0.25) is 5.95 Å². The molecule has 7 nitrogen and oxygen atoms in total. The Balaban J connectivity index is 1.30. The van der Waals surface area contributed by atoms with E-state index in [1.54, 1.807) is 4.57 Å². The molecule has 0 radical (unpaired) electrons. The lowest BCUT2D eigenvalue weighted by Gasteiger charge is -2.33. The number of nitrogen functional groups attached to an aromatic ring is 1. The summed E-state index contributed by atoms with van der Waals surface area (Å²) in [7, 11) is 0. The monoisotopic (exact) mass is 504 g/mol. The molecule has 36 heavy (non-hydrogen) atoms. The molecular weight excluding hydrogens is 473 g/mol. The van der Waals surface area contributed by atoms with Gasteiger partial charge >= 0.3 is 12.3 Å². The highest BCUT2D eigenvalue weighted by Gasteiger charge is 2.42. The molecule has 10 heteroatoms. The van der Waals surface area contributed by atoms with Crippen LogP contribution < -0.4 is 11.3 Å². The van der Waals surface area contributed by atoms with E-state index in [0.29, 0.717) is 23.6 Å². The molecule has 0 saturated heterocycles. The molecule has 2 N–H and O–H groups in total. The van der Waals surface area contributed by atoms with Gasteiger partial charge in [0.25, 0.3) is 5.56 Å². The number of hydrogen-bond donors (Lipinski definition) is 1. The molecule has 0 bridgehead atoms. The Morgan fingerprint density at radius 2 is 1.81 bits per heavy atom. The Bertz CT molecular complexity index is 1160. The van der Waals surface area contributed by atoms with Crippen molar-refractivity contribution in [3.05, 3.63) is 57.5 Å². The summed E-state index contributed by atoms with van der Waals surface area (Å²) in [6, 6.07) is 9.63. The lowest BCUT2D eigenvalue weighted by molar-refractivity contribution is -0.186. The summed E-state index contributed by atoms with van der Waals surface area (Å²) in [5.74, 6) is -0.647. The molecule has 3 aliphatic rings. The molecule has 2 heterocycles. The van der Waals surface area contributed by atoms with Gasteiger partial charge in [-0.25, -0.2) is 9.78 Å². The van der Waals surface area contributed by atoms with E-state index in [4.69, 9.17) is 10.5 Å². The van der Waals surface area contributed by atoms with Crippen LogP contribution in [0.1, 0.15) is 67.8 Å². The molecule has 2 aliphatic carbocycles. The first-order valence-corrected chi connectivity index (χ1v) is 12.7. The number of aromatic nitrogens is 2. The summed E-state index contributed by atoms with van der Waals surface area (Å²) in [5, 5.41) is 0. The van der Waals surface area contributed by atoms with Crippen molar-refractivity contribution in [2.24, 2.45) is 11.8 Å². The predicted octanol–water partition coefficient (Wildman–Crippen LogP) is 4.83. The number of halogens is 3. The smallest absolute Gasteiger partial charge is 0.410 e. The molecule has 2 fully saturated rings. The Hall–Kier alpha value is -3.04. The SMILES string of the molecule is Nc1nc2c(c(=O)n1C(CC1CC1)c1ccccc1)CCN(C(=O)OC1CCC(C(F)(F)F)CC1)C2. The van der Waals surface area contributed by atoms with Crippen molar-refractivity contribution in [3.8, 4) is 0 Å². The zero-order chi connectivity index (χ0) is 25.4. The normalized spacial score (nSPS) is 23.1. The van der Waals surface area contributed by atoms with Crippen LogP contribution in [0.3, 0.4) is 0 Å². The quantitative estimate of drug-likeness (QED) is 0.630. The number of hydrogen-bond acceptors (Lipinski definition) is 5. The molecule has 194 valence electrons. The van der Waals surface area contributed by atoms with Crippen LogP contribution in [0.15, 0.2) is 35.1 Å². The number of nitrogens with two attached hydrogens (primary N) is 1. The minimum Gasteiger partial charge on any atom is -0.446 e. The molecule has 1 aromatic heterocycles. The molecule has 0 spiro atoms. The van der Waals surface area contributed by atoms with Crippen LogP contribution in [0.5, 0.6) is 0 Å². The summed E-state index contributed by atoms with van der Waals surface area (Å²) in [6.07, 6.45) is -1.58. The van der Waals surface area contributed by atoms with Gasteiger partial charge in [0.05, 0.1) is 24.2 Å². The van der Waals surface area contributed by atoms with Crippen molar-refractivity contribution in [2.75, 3.05) is 12.3 Å². The van der Waals surface area contributed by atoms with Crippen molar-refractivity contribution in [3.63, 3.8) is 0 Å². The van der Waals surface area contributed by atoms with Crippen molar-refractivity contribution in [1.82, 2.24) is 14.5 Å². The number of alkyl halides is 3. The van der Waals surface area contributed by atoms with Crippen molar-refractivity contribution in [1.29, 1.82) is 0 Å². The lowest BCUT2D eigenvalue weighted by atomic mass is 9.87. The Labute approximate surface area is 207 Å². The third kappa shape index (κ3) is 5.22. The average Bonchev–Trinajstić information content (AvgIpc) is 3.67. The number of rotatable bonds is 5. The Morgan fingerprint density at radius 3 is 2.44 bits per heavy atom. The van der Waals surface area contributed by atoms with E-state index in [2.05, 4.69) is 4.98 Å². The molecule has 5 rings (SSSR count). The molecule has 1 atom stereocenters. The van der Waals surface area contributed by atoms with Crippen molar-refractivity contribution in [2.45, 2.75) is 76.2 Å². The second-order valence-corrected chi connectivity index (χ2v) is 10.2. The van der Waals surface area contributed by atoms with Crippen LogP contribution in [0.4, 0.5) is 23.9 Å². The fraction of sp³-hybridized carbons (Fsp3) is 0.577. The van der Waals surface area contributed by atoms with Gasteiger partial charge in [0.1, 0.15) is 6.10 Å². The van der Waals surface area contributed by atoms with E-state index in [1.807, 2.05) is 30.3 Å². The van der Waals surface area contributed by atoms with Crippen LogP contribution >= 0.6 is 0 Å². The molecule has 1 aliphatic heterocycles. The van der Waals surface area contributed by atoms with E-state index in [-0.39, 0.29) is 56.3 Å². The van der Waals surface area contributed by atoms with Gasteiger partial charge in [0, 0.05) is 12.1 Å². The van der Waals surface area contributed by atoms with E-state index in [9.17, 15) is 22.8 Å². The third-order valence-electron chi connectivity index (χ3n) is 7.71. The van der Waals surface area contributed by atoms with E-state index >= 15 is 0 Å². The number of amides is 1. The minimum atomic E-state index is -4.21. The fourth-order valence-corrected chi connectivity index (χ4v) is 5.44. The second kappa shape index (κ2) is 9.78. The van der Waals surface area contributed by atoms with Gasteiger partial charge in [-0.15, -0.1) is 0 Å². The van der Waals surface area contributed by atoms with Gasteiger partial charge < -0.3 is 15.4 Å². The summed E-state index contributed by atoms with van der Waals surface area (Å²) < 4.78 is 45.8. The maximum atomic E-state index is 13.6. The second-order valence-electron chi connectivity index (χ2n) is 10.2. The van der Waals surface area contributed by atoms with Crippen LogP contribution in [0, 0.1) is 11.8 Å². The summed E-state index contributed by atoms with van der Waals surface area (Å²) in [4.78, 5) is 32.3. The fourth-order valence-electron chi connectivity index (χ4n) is 5.44. The maximum Gasteiger partial charge on any atom is 0.410 e. The maximum absolute atomic E-state index is 13.6. The summed E-state index contributed by atoms with van der Waals surface area (Å²) >= 11 is 0.